The molecule has 0 radical (unpaired) electrons. The van der Waals surface area contributed by atoms with Crippen LogP contribution in [-0.4, -0.2) is 28.8 Å². The number of nitrogens with zero attached hydrogens (tertiary/aromatic N) is 2. The number of hydrogen-bond acceptors (Lipinski definition) is 3. The minimum absolute atomic E-state index is 0.0618. The number of rotatable bonds is 6. The molecule has 0 spiro atoms. The van der Waals surface area contributed by atoms with Crippen molar-refractivity contribution in [1.29, 1.82) is 0 Å². The van der Waals surface area contributed by atoms with Gasteiger partial charge < -0.3 is 11.1 Å². The zero-order valence-corrected chi connectivity index (χ0v) is 9.99. The predicted octanol–water partition coefficient (Wildman–Crippen LogP) is 0.680. The van der Waals surface area contributed by atoms with E-state index in [9.17, 15) is 4.79 Å². The van der Waals surface area contributed by atoms with E-state index >= 15 is 0 Å². The first kappa shape index (κ1) is 12.7. The molecule has 0 aliphatic carbocycles. The van der Waals surface area contributed by atoms with Crippen LogP contribution in [0.3, 0.4) is 0 Å². The molecule has 5 nitrogen and oxygen atoms in total. The molecule has 1 heterocycles. The van der Waals surface area contributed by atoms with Gasteiger partial charge >= 0.3 is 0 Å². The molecule has 5 heteroatoms. The number of carbonyl (C=O) groups is 1. The number of hydrogen-bond donors (Lipinski definition) is 2. The van der Waals surface area contributed by atoms with E-state index in [0.717, 1.165) is 25.1 Å². The van der Waals surface area contributed by atoms with E-state index in [2.05, 4.69) is 17.3 Å². The molecule has 0 aliphatic heterocycles. The van der Waals surface area contributed by atoms with Crippen molar-refractivity contribution in [3.05, 3.63) is 17.5 Å². The van der Waals surface area contributed by atoms with Gasteiger partial charge in [-0.1, -0.05) is 6.92 Å². The van der Waals surface area contributed by atoms with E-state index in [4.69, 9.17) is 5.73 Å². The van der Waals surface area contributed by atoms with Gasteiger partial charge in [0.2, 0.25) is 0 Å². The van der Waals surface area contributed by atoms with E-state index in [-0.39, 0.29) is 5.91 Å². The summed E-state index contributed by atoms with van der Waals surface area (Å²) in [4.78, 5) is 11.8. The van der Waals surface area contributed by atoms with Crippen molar-refractivity contribution in [1.82, 2.24) is 15.1 Å². The molecule has 90 valence electrons. The highest BCUT2D eigenvalue weighted by molar-refractivity contribution is 5.94. The summed E-state index contributed by atoms with van der Waals surface area (Å²) >= 11 is 0. The second kappa shape index (κ2) is 6.27. The highest BCUT2D eigenvalue weighted by atomic mass is 16.1. The number of amides is 1. The lowest BCUT2D eigenvalue weighted by Gasteiger charge is -2.04. The lowest BCUT2D eigenvalue weighted by atomic mass is 10.2. The lowest BCUT2D eigenvalue weighted by molar-refractivity contribution is 0.0952. The second-order valence-electron chi connectivity index (χ2n) is 3.76. The molecule has 16 heavy (non-hydrogen) atoms. The fourth-order valence-corrected chi connectivity index (χ4v) is 1.51. The summed E-state index contributed by atoms with van der Waals surface area (Å²) in [7, 11) is 0. The average molecular weight is 224 g/mol. The van der Waals surface area contributed by atoms with Gasteiger partial charge in [0.05, 0.1) is 11.8 Å². The molecule has 0 saturated heterocycles. The Morgan fingerprint density at radius 1 is 1.62 bits per heavy atom. The van der Waals surface area contributed by atoms with Gasteiger partial charge in [-0.2, -0.15) is 5.10 Å². The zero-order valence-electron chi connectivity index (χ0n) is 9.99. The van der Waals surface area contributed by atoms with E-state index in [1.165, 1.54) is 0 Å². The van der Waals surface area contributed by atoms with Gasteiger partial charge in [-0.15, -0.1) is 0 Å². The molecule has 0 fully saturated rings. The van der Waals surface area contributed by atoms with Gasteiger partial charge in [0.25, 0.3) is 5.91 Å². The van der Waals surface area contributed by atoms with Crippen LogP contribution in [-0.2, 0) is 6.54 Å². The quantitative estimate of drug-likeness (QED) is 0.698. The first-order valence-corrected chi connectivity index (χ1v) is 5.71. The molecule has 0 aromatic carbocycles. The maximum atomic E-state index is 11.8. The van der Waals surface area contributed by atoms with Gasteiger partial charge in [0.1, 0.15) is 0 Å². The minimum Gasteiger partial charge on any atom is -0.352 e. The third-order valence-corrected chi connectivity index (χ3v) is 2.45. The summed E-state index contributed by atoms with van der Waals surface area (Å²) in [6.07, 6.45) is 3.44. The topological polar surface area (TPSA) is 72.9 Å². The summed E-state index contributed by atoms with van der Waals surface area (Å²) in [5.74, 6) is -0.0618. The van der Waals surface area contributed by atoms with Crippen LogP contribution >= 0.6 is 0 Å². The van der Waals surface area contributed by atoms with Crippen LogP contribution in [0.2, 0.25) is 0 Å². The van der Waals surface area contributed by atoms with Crippen molar-refractivity contribution in [3.8, 4) is 0 Å². The van der Waals surface area contributed by atoms with Crippen molar-refractivity contribution < 1.29 is 4.79 Å². The summed E-state index contributed by atoms with van der Waals surface area (Å²) in [6.45, 7) is 6.06. The summed E-state index contributed by atoms with van der Waals surface area (Å²) in [5, 5.41) is 7.01. The smallest absolute Gasteiger partial charge is 0.254 e. The van der Waals surface area contributed by atoms with Crippen LogP contribution in [0.15, 0.2) is 6.20 Å². The average Bonchev–Trinajstić information content (AvgIpc) is 2.62. The third-order valence-electron chi connectivity index (χ3n) is 2.45. The highest BCUT2D eigenvalue weighted by Gasteiger charge is 2.12. The van der Waals surface area contributed by atoms with Gasteiger partial charge in [-0.3, -0.25) is 9.48 Å². The van der Waals surface area contributed by atoms with Gasteiger partial charge in [0, 0.05) is 18.8 Å². The number of nitrogens with one attached hydrogen (secondary N) is 1. The Labute approximate surface area is 96.0 Å². The van der Waals surface area contributed by atoms with Crippen molar-refractivity contribution in [3.63, 3.8) is 0 Å². The fourth-order valence-electron chi connectivity index (χ4n) is 1.51. The molecule has 1 amide bonds. The molecule has 0 atom stereocenters. The van der Waals surface area contributed by atoms with E-state index in [0.29, 0.717) is 18.7 Å². The van der Waals surface area contributed by atoms with Crippen LogP contribution in [0.25, 0.3) is 0 Å². The molecule has 0 aliphatic rings. The zero-order chi connectivity index (χ0) is 12.0. The van der Waals surface area contributed by atoms with E-state index in [1.54, 1.807) is 6.20 Å². The number of aryl methyl sites for hydroxylation is 1. The molecule has 0 saturated carbocycles. The second-order valence-corrected chi connectivity index (χ2v) is 3.76. The molecule has 1 rings (SSSR count). The van der Waals surface area contributed by atoms with Crippen molar-refractivity contribution in [2.45, 2.75) is 33.2 Å². The van der Waals surface area contributed by atoms with Gasteiger partial charge in [-0.05, 0) is 26.3 Å². The Morgan fingerprint density at radius 2 is 2.38 bits per heavy atom. The Bertz CT molecular complexity index is 346. The molecule has 1 aromatic heterocycles. The number of carbonyl (C=O) groups excluding carboxylic acids is 1. The van der Waals surface area contributed by atoms with Gasteiger partial charge in [-0.25, -0.2) is 0 Å². The molecule has 0 bridgehead atoms. The highest BCUT2D eigenvalue weighted by Crippen LogP contribution is 2.07. The van der Waals surface area contributed by atoms with E-state index < -0.39 is 0 Å². The maximum absolute atomic E-state index is 11.8. The number of aromatic nitrogens is 2. The first-order valence-electron chi connectivity index (χ1n) is 5.71. The van der Waals surface area contributed by atoms with Crippen LogP contribution in [0.1, 0.15) is 35.8 Å². The first-order chi connectivity index (χ1) is 7.70. The minimum atomic E-state index is -0.0618. The maximum Gasteiger partial charge on any atom is 0.254 e. The monoisotopic (exact) mass is 224 g/mol. The Kier molecular flexibility index (Phi) is 4.98. The molecular formula is C11H20N4O. The van der Waals surface area contributed by atoms with Crippen LogP contribution in [0, 0.1) is 6.92 Å². The SMILES string of the molecule is CCCn1ncc(C(=O)NCCCN)c1C. The summed E-state index contributed by atoms with van der Waals surface area (Å²) < 4.78 is 1.86. The molecular weight excluding hydrogens is 204 g/mol. The van der Waals surface area contributed by atoms with E-state index in [1.807, 2.05) is 11.6 Å². The molecule has 1 aromatic rings. The lowest BCUT2D eigenvalue weighted by Crippen LogP contribution is -2.26. The van der Waals surface area contributed by atoms with Crippen LogP contribution in [0.5, 0.6) is 0 Å². The Morgan fingerprint density at radius 3 is 3.00 bits per heavy atom. The largest absolute Gasteiger partial charge is 0.352 e. The van der Waals surface area contributed by atoms with Crippen molar-refractivity contribution in [2.24, 2.45) is 5.73 Å². The van der Waals surface area contributed by atoms with Crippen LogP contribution < -0.4 is 11.1 Å². The summed E-state index contributed by atoms with van der Waals surface area (Å²) in [6, 6.07) is 0. The van der Waals surface area contributed by atoms with Crippen LogP contribution in [0.4, 0.5) is 0 Å². The molecule has 3 N–H and O–H groups in total. The molecule has 0 unspecified atom stereocenters. The number of nitrogens with two attached hydrogens (primary N) is 1. The fraction of sp³-hybridized carbons (Fsp3) is 0.636. The summed E-state index contributed by atoms with van der Waals surface area (Å²) in [5.41, 5.74) is 6.94. The normalized spacial score (nSPS) is 10.4. The van der Waals surface area contributed by atoms with Gasteiger partial charge in [0.15, 0.2) is 0 Å². The standard InChI is InChI=1S/C11H20N4O/c1-3-7-15-9(2)10(8-14-15)11(16)13-6-4-5-12/h8H,3-7,12H2,1-2H3,(H,13,16). The van der Waals surface area contributed by atoms with Crippen molar-refractivity contribution >= 4 is 5.91 Å². The Balaban J connectivity index is 2.61. The van der Waals surface area contributed by atoms with Crippen molar-refractivity contribution in [2.75, 3.05) is 13.1 Å². The Hall–Kier alpha value is -1.36. The third kappa shape index (κ3) is 3.06. The predicted molar refractivity (Wildman–Crippen MR) is 63.3 cm³/mol.